The first-order valence-electron chi connectivity index (χ1n) is 6.75. The fourth-order valence-corrected chi connectivity index (χ4v) is 4.56. The van der Waals surface area contributed by atoms with Crippen molar-refractivity contribution in [2.75, 3.05) is 13.1 Å². The summed E-state index contributed by atoms with van der Waals surface area (Å²) in [5.74, 6) is -0.213. The Morgan fingerprint density at radius 2 is 2.00 bits per heavy atom. The summed E-state index contributed by atoms with van der Waals surface area (Å²) in [6.45, 7) is 2.25. The quantitative estimate of drug-likeness (QED) is 0.851. The maximum Gasteiger partial charge on any atom is 0.244 e. The van der Waals surface area contributed by atoms with Gasteiger partial charge in [-0.2, -0.15) is 4.31 Å². The molecule has 0 bridgehead atoms. The van der Waals surface area contributed by atoms with Gasteiger partial charge in [-0.05, 0) is 43.9 Å². The highest BCUT2D eigenvalue weighted by Crippen LogP contribution is 2.29. The van der Waals surface area contributed by atoms with Crippen molar-refractivity contribution in [2.24, 2.45) is 5.92 Å². The van der Waals surface area contributed by atoms with Crippen molar-refractivity contribution < 1.29 is 17.6 Å². The van der Waals surface area contributed by atoms with Crippen LogP contribution in [0.3, 0.4) is 0 Å². The fourth-order valence-electron chi connectivity index (χ4n) is 2.58. The molecule has 0 saturated carbocycles. The van der Waals surface area contributed by atoms with Crippen LogP contribution in [0.5, 0.6) is 0 Å². The van der Waals surface area contributed by atoms with Gasteiger partial charge in [-0.15, -0.1) is 0 Å². The largest absolute Gasteiger partial charge is 0.300 e. The van der Waals surface area contributed by atoms with E-state index in [-0.39, 0.29) is 21.6 Å². The first kappa shape index (κ1) is 16.4. The molecule has 1 aliphatic rings. The van der Waals surface area contributed by atoms with Crippen LogP contribution in [-0.2, 0) is 14.8 Å². The van der Waals surface area contributed by atoms with Crippen LogP contribution >= 0.6 is 11.6 Å². The van der Waals surface area contributed by atoms with Crippen LogP contribution in [0.4, 0.5) is 4.39 Å². The van der Waals surface area contributed by atoms with Gasteiger partial charge in [0.1, 0.15) is 16.5 Å². The molecule has 4 nitrogen and oxygen atoms in total. The van der Waals surface area contributed by atoms with Crippen molar-refractivity contribution in [3.8, 4) is 0 Å². The standard InChI is InChI=1S/C14H17ClFNO3S/c1-10(18)8-11-4-6-17(7-5-11)21(19,20)14-3-2-12(16)9-13(14)15/h2-3,9,11H,4-8H2,1H3. The summed E-state index contributed by atoms with van der Waals surface area (Å²) in [4.78, 5) is 11.0. The molecule has 7 heteroatoms. The summed E-state index contributed by atoms with van der Waals surface area (Å²) in [5.41, 5.74) is 0. The summed E-state index contributed by atoms with van der Waals surface area (Å²) in [6.07, 6.45) is 1.79. The minimum atomic E-state index is -3.71. The number of sulfonamides is 1. The Bertz CT molecular complexity index is 640. The number of carbonyl (C=O) groups excluding carboxylic acids is 1. The van der Waals surface area contributed by atoms with Gasteiger partial charge in [0.05, 0.1) is 5.02 Å². The highest BCUT2D eigenvalue weighted by atomic mass is 35.5. The molecular weight excluding hydrogens is 317 g/mol. The Hall–Kier alpha value is -0.980. The van der Waals surface area contributed by atoms with E-state index >= 15 is 0 Å². The lowest BCUT2D eigenvalue weighted by Gasteiger charge is -2.31. The van der Waals surface area contributed by atoms with Crippen LogP contribution in [0.25, 0.3) is 0 Å². The monoisotopic (exact) mass is 333 g/mol. The molecule has 1 aromatic rings. The number of nitrogens with zero attached hydrogens (tertiary/aromatic N) is 1. The van der Waals surface area contributed by atoms with Crippen molar-refractivity contribution >= 4 is 27.4 Å². The van der Waals surface area contributed by atoms with Crippen LogP contribution in [-0.4, -0.2) is 31.6 Å². The van der Waals surface area contributed by atoms with E-state index in [1.807, 2.05) is 0 Å². The number of hydrogen-bond acceptors (Lipinski definition) is 3. The molecule has 0 radical (unpaired) electrons. The average molecular weight is 334 g/mol. The normalized spacial score (nSPS) is 17.9. The Kier molecular flexibility index (Phi) is 5.01. The van der Waals surface area contributed by atoms with Crippen molar-refractivity contribution in [1.29, 1.82) is 0 Å². The molecule has 0 atom stereocenters. The smallest absolute Gasteiger partial charge is 0.244 e. The molecule has 1 saturated heterocycles. The zero-order valence-corrected chi connectivity index (χ0v) is 13.3. The van der Waals surface area contributed by atoms with Gasteiger partial charge in [0.15, 0.2) is 0 Å². The van der Waals surface area contributed by atoms with E-state index in [0.29, 0.717) is 32.4 Å². The van der Waals surface area contributed by atoms with Gasteiger partial charge in [0.25, 0.3) is 0 Å². The number of ketones is 1. The SMILES string of the molecule is CC(=O)CC1CCN(S(=O)(=O)c2ccc(F)cc2Cl)CC1. The van der Waals surface area contributed by atoms with E-state index in [1.54, 1.807) is 6.92 Å². The third-order valence-corrected chi connectivity index (χ3v) is 6.04. The second-order valence-electron chi connectivity index (χ2n) is 5.33. The maximum absolute atomic E-state index is 13.0. The lowest BCUT2D eigenvalue weighted by Crippen LogP contribution is -2.38. The molecule has 1 heterocycles. The van der Waals surface area contributed by atoms with E-state index < -0.39 is 15.8 Å². The van der Waals surface area contributed by atoms with E-state index in [1.165, 1.54) is 10.4 Å². The molecular formula is C14H17ClFNO3S. The summed E-state index contributed by atoms with van der Waals surface area (Å²) in [5, 5.41) is -0.110. The molecule has 116 valence electrons. The zero-order chi connectivity index (χ0) is 15.6. The Labute approximate surface area is 128 Å². The van der Waals surface area contributed by atoms with Crippen molar-refractivity contribution in [2.45, 2.75) is 31.1 Å². The van der Waals surface area contributed by atoms with Gasteiger partial charge in [0, 0.05) is 19.5 Å². The molecule has 1 aliphatic heterocycles. The fraction of sp³-hybridized carbons (Fsp3) is 0.500. The number of hydrogen-bond donors (Lipinski definition) is 0. The van der Waals surface area contributed by atoms with Gasteiger partial charge in [-0.25, -0.2) is 12.8 Å². The zero-order valence-electron chi connectivity index (χ0n) is 11.7. The minimum Gasteiger partial charge on any atom is -0.300 e. The van der Waals surface area contributed by atoms with Gasteiger partial charge in [-0.1, -0.05) is 11.6 Å². The summed E-state index contributed by atoms with van der Waals surface area (Å²) in [7, 11) is -3.71. The highest BCUT2D eigenvalue weighted by molar-refractivity contribution is 7.89. The predicted molar refractivity (Wildman–Crippen MR) is 78.2 cm³/mol. The molecule has 2 rings (SSSR count). The lowest BCUT2D eigenvalue weighted by atomic mass is 9.93. The third-order valence-electron chi connectivity index (χ3n) is 3.66. The number of halogens is 2. The lowest BCUT2D eigenvalue weighted by molar-refractivity contribution is -0.118. The molecule has 0 unspecified atom stereocenters. The van der Waals surface area contributed by atoms with Gasteiger partial charge >= 0.3 is 0 Å². The van der Waals surface area contributed by atoms with E-state index in [2.05, 4.69) is 0 Å². The summed E-state index contributed by atoms with van der Waals surface area (Å²) in [6, 6.07) is 3.27. The van der Waals surface area contributed by atoms with E-state index in [9.17, 15) is 17.6 Å². The molecule has 21 heavy (non-hydrogen) atoms. The molecule has 0 aliphatic carbocycles. The van der Waals surface area contributed by atoms with Crippen LogP contribution in [0.15, 0.2) is 23.1 Å². The van der Waals surface area contributed by atoms with Crippen molar-refractivity contribution in [3.05, 3.63) is 29.0 Å². The molecule has 1 aromatic carbocycles. The average Bonchev–Trinajstić information content (AvgIpc) is 2.38. The van der Waals surface area contributed by atoms with Crippen LogP contribution in [0.1, 0.15) is 26.2 Å². The predicted octanol–water partition coefficient (Wildman–Crippen LogP) is 2.86. The topological polar surface area (TPSA) is 54.5 Å². The molecule has 0 spiro atoms. The summed E-state index contributed by atoms with van der Waals surface area (Å²) >= 11 is 5.84. The van der Waals surface area contributed by atoms with Crippen LogP contribution in [0, 0.1) is 11.7 Å². The number of carbonyl (C=O) groups is 1. The Morgan fingerprint density at radius 1 is 1.38 bits per heavy atom. The summed E-state index contributed by atoms with van der Waals surface area (Å²) < 4.78 is 39.4. The molecule has 0 amide bonds. The number of rotatable bonds is 4. The van der Waals surface area contributed by atoms with Gasteiger partial charge < -0.3 is 4.79 Å². The first-order valence-corrected chi connectivity index (χ1v) is 8.57. The van der Waals surface area contributed by atoms with Crippen LogP contribution < -0.4 is 0 Å². The Morgan fingerprint density at radius 3 is 2.52 bits per heavy atom. The maximum atomic E-state index is 13.0. The third kappa shape index (κ3) is 3.81. The second kappa shape index (κ2) is 6.42. The molecule has 0 aromatic heterocycles. The van der Waals surface area contributed by atoms with Gasteiger partial charge in [0.2, 0.25) is 10.0 Å². The van der Waals surface area contributed by atoms with Crippen molar-refractivity contribution in [1.82, 2.24) is 4.31 Å². The number of Topliss-reactive ketones (excluding diaryl/α,β-unsaturated/α-hetero) is 1. The van der Waals surface area contributed by atoms with Crippen molar-refractivity contribution in [3.63, 3.8) is 0 Å². The van der Waals surface area contributed by atoms with E-state index in [0.717, 1.165) is 12.1 Å². The number of benzene rings is 1. The Balaban J connectivity index is 2.13. The van der Waals surface area contributed by atoms with E-state index in [4.69, 9.17) is 11.6 Å². The minimum absolute atomic E-state index is 0.0735. The number of piperidine rings is 1. The highest BCUT2D eigenvalue weighted by Gasteiger charge is 2.31. The molecule has 0 N–H and O–H groups in total. The second-order valence-corrected chi connectivity index (χ2v) is 7.64. The van der Waals surface area contributed by atoms with Crippen LogP contribution in [0.2, 0.25) is 5.02 Å². The molecule has 1 fully saturated rings. The first-order chi connectivity index (χ1) is 9.80. The van der Waals surface area contributed by atoms with Gasteiger partial charge in [-0.3, -0.25) is 0 Å².